The summed E-state index contributed by atoms with van der Waals surface area (Å²) in [6, 6.07) is 14.3. The first-order valence-electron chi connectivity index (χ1n) is 10.4. The molecule has 7 nitrogen and oxygen atoms in total. The van der Waals surface area contributed by atoms with Gasteiger partial charge in [0.1, 0.15) is 5.82 Å². The van der Waals surface area contributed by atoms with E-state index in [1.54, 1.807) is 0 Å². The molecule has 152 valence electrons. The molecule has 1 N–H and O–H groups in total. The number of hydrogen-bond acceptors (Lipinski definition) is 4. The van der Waals surface area contributed by atoms with Crippen LogP contribution in [-0.2, 0) is 6.54 Å². The molecular formula is C22H29N7. The number of aryl methyl sites for hydroxylation is 1. The molecule has 3 aromatic rings. The van der Waals surface area contributed by atoms with Crippen molar-refractivity contribution in [2.75, 3.05) is 44.2 Å². The fourth-order valence-corrected chi connectivity index (χ4v) is 3.73. The van der Waals surface area contributed by atoms with Crippen molar-refractivity contribution in [3.63, 3.8) is 0 Å². The van der Waals surface area contributed by atoms with Crippen LogP contribution < -0.4 is 10.2 Å². The summed E-state index contributed by atoms with van der Waals surface area (Å²) in [6.07, 6.45) is 4.77. The highest BCUT2D eigenvalue weighted by molar-refractivity contribution is 5.80. The number of guanidine groups is 1. The normalized spacial score (nSPS) is 15.1. The highest BCUT2D eigenvalue weighted by Gasteiger charge is 2.20. The lowest BCUT2D eigenvalue weighted by atomic mass is 10.3. The Kier molecular flexibility index (Phi) is 6.24. The smallest absolute Gasteiger partial charge is 0.194 e. The van der Waals surface area contributed by atoms with Crippen LogP contribution in [0.15, 0.2) is 60.0 Å². The van der Waals surface area contributed by atoms with Gasteiger partial charge in [-0.05, 0) is 37.6 Å². The summed E-state index contributed by atoms with van der Waals surface area (Å²) in [6.45, 7) is 8.56. The van der Waals surface area contributed by atoms with Crippen molar-refractivity contribution in [1.29, 1.82) is 0 Å². The lowest BCUT2D eigenvalue weighted by molar-refractivity contribution is 0.371. The predicted molar refractivity (Wildman–Crippen MR) is 118 cm³/mol. The lowest BCUT2D eigenvalue weighted by Gasteiger charge is -2.37. The van der Waals surface area contributed by atoms with Gasteiger partial charge in [-0.3, -0.25) is 4.99 Å². The van der Waals surface area contributed by atoms with E-state index in [1.807, 2.05) is 30.7 Å². The van der Waals surface area contributed by atoms with Gasteiger partial charge in [-0.1, -0.05) is 18.2 Å². The largest absolute Gasteiger partial charge is 0.357 e. The van der Waals surface area contributed by atoms with Gasteiger partial charge in [-0.2, -0.15) is 0 Å². The Morgan fingerprint density at radius 1 is 1.03 bits per heavy atom. The molecule has 29 heavy (non-hydrogen) atoms. The van der Waals surface area contributed by atoms with E-state index in [4.69, 9.17) is 4.99 Å². The second kappa shape index (κ2) is 9.41. The molecule has 0 radical (unpaired) electrons. The van der Waals surface area contributed by atoms with Crippen LogP contribution in [0, 0.1) is 0 Å². The molecule has 1 aliphatic heterocycles. The van der Waals surface area contributed by atoms with E-state index in [2.05, 4.69) is 60.8 Å². The van der Waals surface area contributed by atoms with Gasteiger partial charge in [0.25, 0.3) is 0 Å². The quantitative estimate of drug-likeness (QED) is 0.398. The summed E-state index contributed by atoms with van der Waals surface area (Å²) in [5, 5.41) is 3.45. The second-order valence-corrected chi connectivity index (χ2v) is 7.18. The number of nitrogens with one attached hydrogen (secondary N) is 1. The zero-order valence-electron chi connectivity index (χ0n) is 17.0. The minimum Gasteiger partial charge on any atom is -0.357 e. The van der Waals surface area contributed by atoms with Crippen molar-refractivity contribution in [2.45, 2.75) is 19.9 Å². The zero-order chi connectivity index (χ0) is 19.9. The number of pyridine rings is 1. The van der Waals surface area contributed by atoms with Gasteiger partial charge in [0.05, 0.1) is 17.4 Å². The second-order valence-electron chi connectivity index (χ2n) is 7.18. The number of piperazine rings is 1. The Bertz CT molecular complexity index is 926. The molecule has 1 fully saturated rings. The SMILES string of the molecule is CCNC(=NCCCn1cnc2ccccc21)N1CCN(c2ccccn2)CC1. The highest BCUT2D eigenvalue weighted by atomic mass is 15.4. The Hall–Kier alpha value is -3.09. The molecule has 7 heteroatoms. The average Bonchev–Trinajstić information content (AvgIpc) is 3.20. The van der Waals surface area contributed by atoms with Crippen molar-refractivity contribution in [2.24, 2.45) is 4.99 Å². The van der Waals surface area contributed by atoms with E-state index >= 15 is 0 Å². The maximum absolute atomic E-state index is 4.88. The van der Waals surface area contributed by atoms with Gasteiger partial charge in [0.2, 0.25) is 0 Å². The van der Waals surface area contributed by atoms with Crippen molar-refractivity contribution in [1.82, 2.24) is 24.8 Å². The van der Waals surface area contributed by atoms with Crippen molar-refractivity contribution < 1.29 is 0 Å². The van der Waals surface area contributed by atoms with Crippen LogP contribution in [0.4, 0.5) is 5.82 Å². The molecule has 0 unspecified atom stereocenters. The third-order valence-corrected chi connectivity index (χ3v) is 5.23. The molecule has 0 amide bonds. The van der Waals surface area contributed by atoms with Crippen LogP contribution in [-0.4, -0.2) is 64.7 Å². The first kappa shape index (κ1) is 19.2. The minimum atomic E-state index is 0.801. The van der Waals surface area contributed by atoms with Gasteiger partial charge < -0.3 is 19.7 Å². The molecule has 0 bridgehead atoms. The highest BCUT2D eigenvalue weighted by Crippen LogP contribution is 2.13. The Balaban J connectivity index is 1.31. The third kappa shape index (κ3) is 4.67. The standard InChI is InChI=1S/C22H29N7/c1-2-23-22(28-16-14-27(15-17-28)21-10-5-6-11-24-21)25-12-7-13-29-18-26-19-8-3-4-9-20(19)29/h3-6,8-11,18H,2,7,12-17H2,1H3,(H,23,25). The topological polar surface area (TPSA) is 61.6 Å². The molecule has 0 spiro atoms. The first-order valence-corrected chi connectivity index (χ1v) is 10.4. The van der Waals surface area contributed by atoms with E-state index < -0.39 is 0 Å². The molecule has 1 aromatic carbocycles. The number of benzene rings is 1. The van der Waals surface area contributed by atoms with Gasteiger partial charge in [0, 0.05) is 52.0 Å². The van der Waals surface area contributed by atoms with Gasteiger partial charge in [-0.15, -0.1) is 0 Å². The number of para-hydroxylation sites is 2. The maximum atomic E-state index is 4.88. The van der Waals surface area contributed by atoms with E-state index in [0.717, 1.165) is 69.5 Å². The van der Waals surface area contributed by atoms with Gasteiger partial charge in [0.15, 0.2) is 5.96 Å². The predicted octanol–water partition coefficient (Wildman–Crippen LogP) is 2.61. The first-order chi connectivity index (χ1) is 14.3. The Morgan fingerprint density at radius 2 is 1.86 bits per heavy atom. The fourth-order valence-electron chi connectivity index (χ4n) is 3.73. The zero-order valence-corrected chi connectivity index (χ0v) is 17.0. The van der Waals surface area contributed by atoms with E-state index in [-0.39, 0.29) is 0 Å². The number of rotatable bonds is 6. The van der Waals surface area contributed by atoms with Gasteiger partial charge in [-0.25, -0.2) is 9.97 Å². The van der Waals surface area contributed by atoms with E-state index in [9.17, 15) is 0 Å². The molecule has 0 aliphatic carbocycles. The number of anilines is 1. The summed E-state index contributed by atoms with van der Waals surface area (Å²) >= 11 is 0. The van der Waals surface area contributed by atoms with Crippen LogP contribution in [0.2, 0.25) is 0 Å². The monoisotopic (exact) mass is 391 g/mol. The van der Waals surface area contributed by atoms with Crippen LogP contribution >= 0.6 is 0 Å². The minimum absolute atomic E-state index is 0.801. The molecule has 1 aliphatic rings. The van der Waals surface area contributed by atoms with E-state index in [1.165, 1.54) is 5.52 Å². The molecule has 2 aromatic heterocycles. The average molecular weight is 392 g/mol. The maximum Gasteiger partial charge on any atom is 0.194 e. The molecule has 3 heterocycles. The Morgan fingerprint density at radius 3 is 2.66 bits per heavy atom. The summed E-state index contributed by atoms with van der Waals surface area (Å²) in [5.41, 5.74) is 2.24. The van der Waals surface area contributed by atoms with Crippen LogP contribution in [0.1, 0.15) is 13.3 Å². The molecule has 0 atom stereocenters. The lowest BCUT2D eigenvalue weighted by Crippen LogP contribution is -2.52. The van der Waals surface area contributed by atoms with Crippen molar-refractivity contribution >= 4 is 22.8 Å². The van der Waals surface area contributed by atoms with Crippen molar-refractivity contribution in [3.8, 4) is 0 Å². The number of nitrogens with zero attached hydrogens (tertiary/aromatic N) is 6. The molecular weight excluding hydrogens is 362 g/mol. The molecule has 4 rings (SSSR count). The van der Waals surface area contributed by atoms with Crippen LogP contribution in [0.25, 0.3) is 11.0 Å². The molecule has 1 saturated heterocycles. The van der Waals surface area contributed by atoms with Crippen LogP contribution in [0.3, 0.4) is 0 Å². The van der Waals surface area contributed by atoms with Gasteiger partial charge >= 0.3 is 0 Å². The summed E-state index contributed by atoms with van der Waals surface area (Å²) in [5.74, 6) is 2.07. The Labute approximate surface area is 172 Å². The summed E-state index contributed by atoms with van der Waals surface area (Å²) in [7, 11) is 0. The summed E-state index contributed by atoms with van der Waals surface area (Å²) < 4.78 is 2.21. The number of imidazole rings is 1. The van der Waals surface area contributed by atoms with Crippen LogP contribution in [0.5, 0.6) is 0 Å². The fraction of sp³-hybridized carbons (Fsp3) is 0.409. The third-order valence-electron chi connectivity index (χ3n) is 5.23. The number of aromatic nitrogens is 3. The number of hydrogen-bond donors (Lipinski definition) is 1. The van der Waals surface area contributed by atoms with E-state index in [0.29, 0.717) is 0 Å². The van der Waals surface area contributed by atoms with Crippen molar-refractivity contribution in [3.05, 3.63) is 55.0 Å². The molecule has 0 saturated carbocycles. The number of fused-ring (bicyclic) bond motifs is 1. The summed E-state index contributed by atoms with van der Waals surface area (Å²) in [4.78, 5) is 18.5. The number of aliphatic imine (C=N–C) groups is 1.